The second-order valence-electron chi connectivity index (χ2n) is 5.25. The molecule has 0 spiro atoms. The third-order valence-corrected chi connectivity index (χ3v) is 5.19. The first kappa shape index (κ1) is 15.3. The van der Waals surface area contributed by atoms with E-state index in [-0.39, 0.29) is 0 Å². The molecule has 20 heavy (non-hydrogen) atoms. The number of hydrogen-bond acceptors (Lipinski definition) is 3. The average Bonchev–Trinajstić information content (AvgIpc) is 3.12. The van der Waals surface area contributed by atoms with Crippen LogP contribution in [0.25, 0.3) is 0 Å². The monoisotopic (exact) mass is 291 g/mol. The minimum Gasteiger partial charge on any atom is -0.312 e. The van der Waals surface area contributed by atoms with Crippen molar-refractivity contribution in [2.45, 2.75) is 52.1 Å². The van der Waals surface area contributed by atoms with Crippen LogP contribution in [0.15, 0.2) is 24.4 Å². The van der Waals surface area contributed by atoms with Gasteiger partial charge in [-0.25, -0.2) is 0 Å². The zero-order valence-corrected chi connectivity index (χ0v) is 13.7. The molecule has 2 aromatic heterocycles. The number of hydrogen-bond donors (Lipinski definition) is 1. The fraction of sp³-hybridized carbons (Fsp3) is 0.562. The van der Waals surface area contributed by atoms with Gasteiger partial charge in [0, 0.05) is 34.5 Å². The molecule has 0 aliphatic rings. The Labute approximate surface area is 126 Å². The van der Waals surface area contributed by atoms with Crippen molar-refractivity contribution in [2.24, 2.45) is 0 Å². The summed E-state index contributed by atoms with van der Waals surface area (Å²) in [6.45, 7) is 6.61. The second-order valence-corrected chi connectivity index (χ2v) is 6.45. The van der Waals surface area contributed by atoms with E-state index in [1.807, 2.05) is 18.4 Å². The number of rotatable bonds is 7. The molecule has 2 aromatic rings. The van der Waals surface area contributed by atoms with E-state index in [1.54, 1.807) is 0 Å². The molecule has 0 aliphatic carbocycles. The Kier molecular flexibility index (Phi) is 5.38. The first-order chi connectivity index (χ1) is 9.67. The van der Waals surface area contributed by atoms with Crippen LogP contribution in [-0.4, -0.2) is 16.8 Å². The van der Waals surface area contributed by atoms with Crippen molar-refractivity contribution in [1.82, 2.24) is 15.1 Å². The van der Waals surface area contributed by atoms with Crippen molar-refractivity contribution >= 4 is 11.3 Å². The number of aryl methyl sites for hydroxylation is 1. The summed E-state index contributed by atoms with van der Waals surface area (Å²) in [5.74, 6) is 0. The lowest BCUT2D eigenvalue weighted by Gasteiger charge is -2.13. The van der Waals surface area contributed by atoms with Gasteiger partial charge in [-0.2, -0.15) is 5.10 Å². The van der Waals surface area contributed by atoms with Crippen LogP contribution in [0, 0.1) is 0 Å². The van der Waals surface area contributed by atoms with Crippen molar-refractivity contribution in [1.29, 1.82) is 0 Å². The molecule has 0 aliphatic heterocycles. The van der Waals surface area contributed by atoms with E-state index >= 15 is 0 Å². The Hall–Kier alpha value is -1.13. The average molecular weight is 291 g/mol. The van der Waals surface area contributed by atoms with E-state index in [0.717, 1.165) is 25.0 Å². The molecule has 4 heteroatoms. The van der Waals surface area contributed by atoms with Crippen LogP contribution in [0.2, 0.25) is 0 Å². The van der Waals surface area contributed by atoms with Gasteiger partial charge in [0.25, 0.3) is 0 Å². The van der Waals surface area contributed by atoms with Crippen LogP contribution >= 0.6 is 11.3 Å². The molecule has 1 N–H and O–H groups in total. The number of nitrogens with one attached hydrogen (secondary N) is 1. The predicted octanol–water partition coefficient (Wildman–Crippen LogP) is 3.98. The molecule has 2 rings (SSSR count). The molecule has 0 radical (unpaired) electrons. The lowest BCUT2D eigenvalue weighted by molar-refractivity contribution is 0.469. The summed E-state index contributed by atoms with van der Waals surface area (Å²) in [4.78, 5) is 2.85. The molecule has 0 saturated heterocycles. The van der Waals surface area contributed by atoms with Gasteiger partial charge < -0.3 is 5.32 Å². The molecule has 0 saturated carbocycles. The first-order valence-corrected chi connectivity index (χ1v) is 8.29. The van der Waals surface area contributed by atoms with Crippen LogP contribution in [0.4, 0.5) is 0 Å². The largest absolute Gasteiger partial charge is 0.312 e. The van der Waals surface area contributed by atoms with Gasteiger partial charge in [-0.15, -0.1) is 11.3 Å². The second kappa shape index (κ2) is 7.04. The maximum atomic E-state index is 4.70. The number of nitrogens with zero attached hydrogens (tertiary/aromatic N) is 2. The topological polar surface area (TPSA) is 29.9 Å². The lowest BCUT2D eigenvalue weighted by Crippen LogP contribution is -2.18. The summed E-state index contributed by atoms with van der Waals surface area (Å²) < 4.78 is 2.08. The van der Waals surface area contributed by atoms with Crippen LogP contribution in [0.1, 0.15) is 54.7 Å². The molecule has 2 heterocycles. The molecule has 3 nitrogen and oxygen atoms in total. The zero-order chi connectivity index (χ0) is 14.5. The standard InChI is InChI=1S/C16H25N3S/c1-5-12(3)19-10-9-13(18-19)11-15(17-4)16-8-7-14(6-2)20-16/h7-10,12,15,17H,5-6,11H2,1-4H3. The summed E-state index contributed by atoms with van der Waals surface area (Å²) in [5, 5.41) is 8.12. The van der Waals surface area contributed by atoms with Crippen molar-refractivity contribution in [3.63, 3.8) is 0 Å². The van der Waals surface area contributed by atoms with Gasteiger partial charge in [0.1, 0.15) is 0 Å². The summed E-state index contributed by atoms with van der Waals surface area (Å²) in [6.07, 6.45) is 5.27. The smallest absolute Gasteiger partial charge is 0.0644 e. The van der Waals surface area contributed by atoms with Gasteiger partial charge in [0.2, 0.25) is 0 Å². The quantitative estimate of drug-likeness (QED) is 0.836. The molecular formula is C16H25N3S. The van der Waals surface area contributed by atoms with Crippen molar-refractivity contribution in [3.8, 4) is 0 Å². The van der Waals surface area contributed by atoms with E-state index in [4.69, 9.17) is 5.10 Å². The summed E-state index contributed by atoms with van der Waals surface area (Å²) >= 11 is 1.91. The third-order valence-electron chi connectivity index (χ3n) is 3.84. The van der Waals surface area contributed by atoms with E-state index in [0.29, 0.717) is 12.1 Å². The fourth-order valence-electron chi connectivity index (χ4n) is 2.24. The van der Waals surface area contributed by atoms with Crippen LogP contribution in [-0.2, 0) is 12.8 Å². The number of likely N-dealkylation sites (N-methyl/N-ethyl adjacent to an activating group) is 1. The molecule has 2 unspecified atom stereocenters. The summed E-state index contributed by atoms with van der Waals surface area (Å²) in [6, 6.07) is 7.47. The lowest BCUT2D eigenvalue weighted by atomic mass is 10.1. The van der Waals surface area contributed by atoms with Crippen LogP contribution in [0.5, 0.6) is 0 Å². The van der Waals surface area contributed by atoms with Gasteiger partial charge >= 0.3 is 0 Å². The van der Waals surface area contributed by atoms with Crippen molar-refractivity contribution in [2.75, 3.05) is 7.05 Å². The van der Waals surface area contributed by atoms with E-state index in [9.17, 15) is 0 Å². The highest BCUT2D eigenvalue weighted by Gasteiger charge is 2.14. The first-order valence-electron chi connectivity index (χ1n) is 7.47. The minimum absolute atomic E-state index is 0.362. The summed E-state index contributed by atoms with van der Waals surface area (Å²) in [7, 11) is 2.03. The van der Waals surface area contributed by atoms with E-state index in [1.165, 1.54) is 9.75 Å². The van der Waals surface area contributed by atoms with Gasteiger partial charge in [-0.05, 0) is 45.0 Å². The molecule has 0 aromatic carbocycles. The number of aromatic nitrogens is 2. The Bertz CT molecular complexity index is 529. The third kappa shape index (κ3) is 3.49. The fourth-order valence-corrected chi connectivity index (χ4v) is 3.31. The maximum Gasteiger partial charge on any atom is 0.0644 e. The van der Waals surface area contributed by atoms with Crippen molar-refractivity contribution < 1.29 is 0 Å². The number of thiophene rings is 1. The molecule has 110 valence electrons. The molecule has 0 amide bonds. The Morgan fingerprint density at radius 2 is 2.10 bits per heavy atom. The van der Waals surface area contributed by atoms with Gasteiger partial charge in [-0.3, -0.25) is 4.68 Å². The highest BCUT2D eigenvalue weighted by Crippen LogP contribution is 2.26. The summed E-state index contributed by atoms with van der Waals surface area (Å²) in [5.41, 5.74) is 1.16. The van der Waals surface area contributed by atoms with Gasteiger partial charge in [0.05, 0.1) is 5.69 Å². The van der Waals surface area contributed by atoms with Gasteiger partial charge in [0.15, 0.2) is 0 Å². The molecule has 0 bridgehead atoms. The van der Waals surface area contributed by atoms with Crippen LogP contribution < -0.4 is 5.32 Å². The molecule has 2 atom stereocenters. The van der Waals surface area contributed by atoms with E-state index < -0.39 is 0 Å². The molecule has 0 fully saturated rings. The highest BCUT2D eigenvalue weighted by molar-refractivity contribution is 7.12. The highest BCUT2D eigenvalue weighted by atomic mass is 32.1. The molecular weight excluding hydrogens is 266 g/mol. The zero-order valence-electron chi connectivity index (χ0n) is 12.9. The Balaban J connectivity index is 2.08. The Morgan fingerprint density at radius 1 is 1.30 bits per heavy atom. The predicted molar refractivity (Wildman–Crippen MR) is 86.4 cm³/mol. The Morgan fingerprint density at radius 3 is 2.70 bits per heavy atom. The van der Waals surface area contributed by atoms with Crippen LogP contribution in [0.3, 0.4) is 0 Å². The normalized spacial score (nSPS) is 14.4. The maximum absolute atomic E-state index is 4.70. The van der Waals surface area contributed by atoms with Crippen molar-refractivity contribution in [3.05, 3.63) is 39.8 Å². The SMILES string of the molecule is CCc1ccc(C(Cc2ccn(C(C)CC)n2)NC)s1. The minimum atomic E-state index is 0.362. The van der Waals surface area contributed by atoms with E-state index in [2.05, 4.69) is 55.2 Å². The van der Waals surface area contributed by atoms with Gasteiger partial charge in [-0.1, -0.05) is 13.8 Å².